The zero-order chi connectivity index (χ0) is 21.3. The minimum absolute atomic E-state index is 0. The van der Waals surface area contributed by atoms with E-state index < -0.39 is 6.61 Å². The van der Waals surface area contributed by atoms with Gasteiger partial charge in [-0.15, -0.1) is 24.0 Å². The van der Waals surface area contributed by atoms with Crippen LogP contribution in [0.5, 0.6) is 17.2 Å². The molecular weight excluding hydrogens is 521 g/mol. The van der Waals surface area contributed by atoms with Gasteiger partial charge >= 0.3 is 6.61 Å². The summed E-state index contributed by atoms with van der Waals surface area (Å²) in [6.45, 7) is 4.09. The second-order valence-electron chi connectivity index (χ2n) is 7.78. The number of rotatable bonds is 9. The van der Waals surface area contributed by atoms with Gasteiger partial charge in [0.15, 0.2) is 17.5 Å². The highest BCUT2D eigenvalue weighted by atomic mass is 127. The molecule has 31 heavy (non-hydrogen) atoms. The lowest BCUT2D eigenvalue weighted by molar-refractivity contribution is -0.0505. The van der Waals surface area contributed by atoms with Crippen LogP contribution in [0.4, 0.5) is 8.78 Å². The van der Waals surface area contributed by atoms with Gasteiger partial charge < -0.3 is 29.7 Å². The number of nitrogens with one attached hydrogen (secondary N) is 2. The van der Waals surface area contributed by atoms with Gasteiger partial charge in [-0.1, -0.05) is 6.92 Å². The first-order valence-corrected chi connectivity index (χ1v) is 10.6. The molecule has 1 aromatic carbocycles. The lowest BCUT2D eigenvalue weighted by Crippen LogP contribution is -2.38. The van der Waals surface area contributed by atoms with E-state index in [1.165, 1.54) is 32.0 Å². The summed E-state index contributed by atoms with van der Waals surface area (Å²) in [4.78, 5) is 6.74. The van der Waals surface area contributed by atoms with Crippen LogP contribution >= 0.6 is 24.0 Å². The number of aliphatic imine (C=N–C) groups is 1. The van der Waals surface area contributed by atoms with E-state index in [0.717, 1.165) is 31.8 Å². The molecule has 2 heterocycles. The number of piperidine rings is 1. The highest BCUT2D eigenvalue weighted by molar-refractivity contribution is 14.0. The molecule has 2 aliphatic rings. The monoisotopic (exact) mass is 554 g/mol. The number of unbranched alkanes of at least 4 members (excludes halogenated alkanes) is 1. The molecule has 2 aliphatic heterocycles. The van der Waals surface area contributed by atoms with E-state index >= 15 is 0 Å². The number of hydrogen-bond acceptors (Lipinski definition) is 5. The second kappa shape index (κ2) is 13.1. The third-order valence-corrected chi connectivity index (χ3v) is 5.51. The molecule has 0 aromatic heterocycles. The number of fused-ring (bicyclic) bond motifs is 1. The summed E-state index contributed by atoms with van der Waals surface area (Å²) in [6, 6.07) is 3.09. The molecule has 0 aliphatic carbocycles. The van der Waals surface area contributed by atoms with Gasteiger partial charge in [0.25, 0.3) is 0 Å². The largest absolute Gasteiger partial charge is 0.454 e. The van der Waals surface area contributed by atoms with E-state index in [1.807, 2.05) is 0 Å². The van der Waals surface area contributed by atoms with Crippen molar-refractivity contribution >= 4 is 29.9 Å². The van der Waals surface area contributed by atoms with Crippen molar-refractivity contribution in [2.75, 3.05) is 40.0 Å². The normalized spacial score (nSPS) is 16.9. The molecule has 1 fully saturated rings. The maximum atomic E-state index is 12.8. The van der Waals surface area contributed by atoms with Crippen LogP contribution in [-0.2, 0) is 6.54 Å². The van der Waals surface area contributed by atoms with E-state index in [2.05, 4.69) is 32.2 Å². The number of ether oxygens (including phenoxy) is 3. The van der Waals surface area contributed by atoms with Crippen LogP contribution in [0.15, 0.2) is 17.1 Å². The molecule has 176 valence electrons. The molecule has 0 amide bonds. The number of hydrogen-bond donors (Lipinski definition) is 2. The summed E-state index contributed by atoms with van der Waals surface area (Å²) in [6.07, 6.45) is 4.77. The lowest BCUT2D eigenvalue weighted by Gasteiger charge is -2.30. The Bertz CT molecular complexity index is 716. The first-order valence-electron chi connectivity index (χ1n) is 10.6. The Morgan fingerprint density at radius 3 is 2.58 bits per heavy atom. The number of likely N-dealkylation sites (tertiary alicyclic amines) is 1. The van der Waals surface area contributed by atoms with E-state index in [4.69, 9.17) is 9.47 Å². The predicted octanol–water partition coefficient (Wildman–Crippen LogP) is 3.81. The van der Waals surface area contributed by atoms with Gasteiger partial charge in [-0.05, 0) is 57.3 Å². The number of nitrogens with zero attached hydrogens (tertiary/aromatic N) is 2. The highest BCUT2D eigenvalue weighted by Gasteiger charge is 2.20. The van der Waals surface area contributed by atoms with Crippen molar-refractivity contribution in [3.8, 4) is 17.2 Å². The molecule has 0 bridgehead atoms. The Labute approximate surface area is 199 Å². The molecular formula is C21H33F2IN4O3. The summed E-state index contributed by atoms with van der Waals surface area (Å²) < 4.78 is 40.7. The smallest absolute Gasteiger partial charge is 0.387 e. The van der Waals surface area contributed by atoms with Crippen LogP contribution in [0.3, 0.4) is 0 Å². The van der Waals surface area contributed by atoms with E-state index in [-0.39, 0.29) is 43.1 Å². The summed E-state index contributed by atoms with van der Waals surface area (Å²) in [5.41, 5.74) is 0.543. The molecule has 0 saturated carbocycles. The zero-order valence-corrected chi connectivity index (χ0v) is 20.5. The minimum Gasteiger partial charge on any atom is -0.454 e. The number of halogens is 3. The fraction of sp³-hybridized carbons (Fsp3) is 0.667. The first-order chi connectivity index (χ1) is 14.5. The first kappa shape index (κ1) is 25.7. The average Bonchev–Trinajstić information content (AvgIpc) is 3.18. The summed E-state index contributed by atoms with van der Waals surface area (Å²) in [5.74, 6) is 2.45. The Morgan fingerprint density at radius 2 is 1.90 bits per heavy atom. The summed E-state index contributed by atoms with van der Waals surface area (Å²) >= 11 is 0. The van der Waals surface area contributed by atoms with Crippen molar-refractivity contribution in [1.82, 2.24) is 15.5 Å². The van der Waals surface area contributed by atoms with Gasteiger partial charge in [0.2, 0.25) is 6.79 Å². The lowest BCUT2D eigenvalue weighted by atomic mass is 9.99. The number of guanidine groups is 1. The molecule has 7 nitrogen and oxygen atoms in total. The fourth-order valence-corrected chi connectivity index (χ4v) is 3.66. The molecule has 3 rings (SSSR count). The maximum Gasteiger partial charge on any atom is 0.387 e. The summed E-state index contributed by atoms with van der Waals surface area (Å²) in [7, 11) is 1.68. The van der Waals surface area contributed by atoms with Crippen molar-refractivity contribution in [3.05, 3.63) is 17.7 Å². The predicted molar refractivity (Wildman–Crippen MR) is 127 cm³/mol. The van der Waals surface area contributed by atoms with Crippen LogP contribution in [0.1, 0.15) is 38.2 Å². The standard InChI is InChI=1S/C21H32F2N4O3.HI/c1-15-5-9-27(10-6-15)8-4-3-7-25-21(24-2)26-13-16-11-18-19(29-14-28-18)12-17(16)30-20(22)23;/h11-12,15,20H,3-10,13-14H2,1-2H3,(H2,24,25,26);1H. The Balaban J connectivity index is 0.00000341. The van der Waals surface area contributed by atoms with Gasteiger partial charge in [-0.3, -0.25) is 4.99 Å². The van der Waals surface area contributed by atoms with Gasteiger partial charge in [-0.25, -0.2) is 0 Å². The molecule has 0 unspecified atom stereocenters. The Hall–Kier alpha value is -1.56. The van der Waals surface area contributed by atoms with Crippen LogP contribution < -0.4 is 24.8 Å². The highest BCUT2D eigenvalue weighted by Crippen LogP contribution is 2.38. The fourth-order valence-electron chi connectivity index (χ4n) is 3.66. The third-order valence-electron chi connectivity index (χ3n) is 5.51. The molecule has 1 saturated heterocycles. The third kappa shape index (κ3) is 8.13. The minimum atomic E-state index is -2.91. The van der Waals surface area contributed by atoms with Gasteiger partial charge in [0.1, 0.15) is 5.75 Å². The van der Waals surface area contributed by atoms with Crippen LogP contribution in [0.2, 0.25) is 0 Å². The second-order valence-corrected chi connectivity index (χ2v) is 7.78. The molecule has 10 heteroatoms. The van der Waals surface area contributed by atoms with E-state index in [0.29, 0.717) is 23.0 Å². The van der Waals surface area contributed by atoms with Crippen LogP contribution in [0.25, 0.3) is 0 Å². The molecule has 0 atom stereocenters. The molecule has 1 aromatic rings. The zero-order valence-electron chi connectivity index (χ0n) is 18.2. The van der Waals surface area contributed by atoms with Crippen molar-refractivity contribution in [1.29, 1.82) is 0 Å². The molecule has 0 spiro atoms. The van der Waals surface area contributed by atoms with Crippen LogP contribution in [-0.4, -0.2) is 57.5 Å². The van der Waals surface area contributed by atoms with Gasteiger partial charge in [-0.2, -0.15) is 8.78 Å². The van der Waals surface area contributed by atoms with E-state index in [1.54, 1.807) is 13.1 Å². The molecule has 2 N–H and O–H groups in total. The number of benzene rings is 1. The SMILES string of the molecule is CN=C(NCCCCN1CCC(C)CC1)NCc1cc2c(cc1OC(F)F)OCO2.I. The van der Waals surface area contributed by atoms with Gasteiger partial charge in [0, 0.05) is 31.8 Å². The Morgan fingerprint density at radius 1 is 1.19 bits per heavy atom. The quantitative estimate of drug-likeness (QED) is 0.210. The summed E-state index contributed by atoms with van der Waals surface area (Å²) in [5, 5.41) is 6.42. The molecule has 0 radical (unpaired) electrons. The maximum absolute atomic E-state index is 12.8. The van der Waals surface area contributed by atoms with Crippen LogP contribution in [0, 0.1) is 5.92 Å². The number of alkyl halides is 2. The topological polar surface area (TPSA) is 67.4 Å². The van der Waals surface area contributed by atoms with Crippen molar-refractivity contribution in [2.45, 2.75) is 45.8 Å². The van der Waals surface area contributed by atoms with Gasteiger partial charge in [0.05, 0.1) is 0 Å². The Kier molecular flexibility index (Phi) is 10.9. The van der Waals surface area contributed by atoms with Crippen molar-refractivity contribution in [3.63, 3.8) is 0 Å². The van der Waals surface area contributed by atoms with Crippen molar-refractivity contribution in [2.24, 2.45) is 10.9 Å². The average molecular weight is 554 g/mol. The van der Waals surface area contributed by atoms with Crippen molar-refractivity contribution < 1.29 is 23.0 Å². The van der Waals surface area contributed by atoms with E-state index in [9.17, 15) is 8.78 Å².